The van der Waals surface area contributed by atoms with E-state index in [0.29, 0.717) is 6.04 Å². The van der Waals surface area contributed by atoms with Gasteiger partial charge in [0.1, 0.15) is 5.75 Å². The van der Waals surface area contributed by atoms with Gasteiger partial charge in [0.2, 0.25) is 0 Å². The molecule has 3 N–H and O–H groups in total. The van der Waals surface area contributed by atoms with Gasteiger partial charge in [-0.25, -0.2) is 0 Å². The number of nitrogens with one attached hydrogen (secondary N) is 1. The Labute approximate surface area is 131 Å². The average Bonchev–Trinajstić information content (AvgIpc) is 2.72. The van der Waals surface area contributed by atoms with Crippen molar-refractivity contribution in [2.24, 2.45) is 0 Å². The minimum atomic E-state index is 0.145. The molecule has 0 bridgehead atoms. The summed E-state index contributed by atoms with van der Waals surface area (Å²) in [5.41, 5.74) is 7.67. The summed E-state index contributed by atoms with van der Waals surface area (Å²) in [4.78, 5) is 2.75. The van der Waals surface area contributed by atoms with Crippen molar-refractivity contribution in [3.05, 3.63) is 40.1 Å². The van der Waals surface area contributed by atoms with Crippen LogP contribution in [-0.4, -0.2) is 12.1 Å². The van der Waals surface area contributed by atoms with Gasteiger partial charge >= 0.3 is 0 Å². The maximum atomic E-state index is 5.95. The fraction of sp³-hybridized carbons (Fsp3) is 0.412. The lowest BCUT2D eigenvalue weighted by atomic mass is 10.2. The standard InChI is InChI=1S/C17H24N2OS/c1-11(2)20-16-9-14(18)8-15(10-16)19-12(3)7-17-6-5-13(4)21-17/h5-6,8-12,19H,7,18H2,1-4H3. The highest BCUT2D eigenvalue weighted by molar-refractivity contribution is 7.11. The first kappa shape index (κ1) is 15.7. The number of hydrogen-bond donors (Lipinski definition) is 2. The normalized spacial score (nSPS) is 12.4. The smallest absolute Gasteiger partial charge is 0.123 e. The number of hydrogen-bond acceptors (Lipinski definition) is 4. The summed E-state index contributed by atoms with van der Waals surface area (Å²) in [6, 6.07) is 10.5. The monoisotopic (exact) mass is 304 g/mol. The van der Waals surface area contributed by atoms with Gasteiger partial charge in [0.15, 0.2) is 0 Å². The van der Waals surface area contributed by atoms with Gasteiger partial charge in [-0.05, 0) is 45.9 Å². The zero-order valence-electron chi connectivity index (χ0n) is 13.1. The molecular weight excluding hydrogens is 280 g/mol. The molecule has 0 saturated heterocycles. The maximum Gasteiger partial charge on any atom is 0.123 e. The predicted molar refractivity (Wildman–Crippen MR) is 92.5 cm³/mol. The Morgan fingerprint density at radius 3 is 2.57 bits per heavy atom. The highest BCUT2D eigenvalue weighted by Gasteiger charge is 2.08. The van der Waals surface area contributed by atoms with Crippen LogP contribution in [0.2, 0.25) is 0 Å². The Kier molecular flexibility index (Phi) is 5.12. The number of anilines is 2. The summed E-state index contributed by atoms with van der Waals surface area (Å²) in [6.07, 6.45) is 1.15. The molecule has 2 rings (SSSR count). The summed E-state index contributed by atoms with van der Waals surface area (Å²) >= 11 is 1.85. The van der Waals surface area contributed by atoms with Crippen molar-refractivity contribution in [2.75, 3.05) is 11.1 Å². The third-order valence-corrected chi connectivity index (χ3v) is 4.04. The second-order valence-electron chi connectivity index (χ2n) is 5.72. The minimum absolute atomic E-state index is 0.145. The van der Waals surface area contributed by atoms with E-state index in [-0.39, 0.29) is 6.10 Å². The Bertz CT molecular complexity index is 592. The first-order valence-corrected chi connectivity index (χ1v) is 8.13. The van der Waals surface area contributed by atoms with E-state index in [4.69, 9.17) is 10.5 Å². The minimum Gasteiger partial charge on any atom is -0.491 e. The van der Waals surface area contributed by atoms with Crippen molar-refractivity contribution >= 4 is 22.7 Å². The molecule has 1 aromatic carbocycles. The molecule has 0 aliphatic heterocycles. The molecule has 0 amide bonds. The van der Waals surface area contributed by atoms with E-state index in [0.717, 1.165) is 23.5 Å². The number of rotatable bonds is 6. The number of aryl methyl sites for hydroxylation is 1. The summed E-state index contributed by atoms with van der Waals surface area (Å²) in [6.45, 7) is 8.34. The Hall–Kier alpha value is -1.68. The number of ether oxygens (including phenoxy) is 1. The quantitative estimate of drug-likeness (QED) is 0.774. The van der Waals surface area contributed by atoms with Gasteiger partial charge in [0.25, 0.3) is 0 Å². The molecule has 114 valence electrons. The van der Waals surface area contributed by atoms with Crippen molar-refractivity contribution in [3.8, 4) is 5.75 Å². The SMILES string of the molecule is Cc1ccc(CC(C)Nc2cc(N)cc(OC(C)C)c2)s1. The molecule has 0 fully saturated rings. The fourth-order valence-corrected chi connectivity index (χ4v) is 3.30. The molecule has 4 heteroatoms. The molecule has 2 aromatic rings. The molecule has 21 heavy (non-hydrogen) atoms. The van der Waals surface area contributed by atoms with Crippen LogP contribution < -0.4 is 15.8 Å². The van der Waals surface area contributed by atoms with Crippen molar-refractivity contribution in [2.45, 2.75) is 46.3 Å². The fourth-order valence-electron chi connectivity index (χ4n) is 2.28. The maximum absolute atomic E-state index is 5.95. The van der Waals surface area contributed by atoms with Crippen molar-refractivity contribution in [1.82, 2.24) is 0 Å². The molecule has 0 saturated carbocycles. The van der Waals surface area contributed by atoms with E-state index in [2.05, 4.69) is 31.3 Å². The van der Waals surface area contributed by atoms with Gasteiger partial charge < -0.3 is 15.8 Å². The third kappa shape index (κ3) is 4.97. The van der Waals surface area contributed by atoms with Gasteiger partial charge in [-0.1, -0.05) is 0 Å². The van der Waals surface area contributed by atoms with Crippen molar-refractivity contribution < 1.29 is 4.74 Å². The van der Waals surface area contributed by atoms with Crippen LogP contribution in [-0.2, 0) is 6.42 Å². The summed E-state index contributed by atoms with van der Waals surface area (Å²) in [5.74, 6) is 0.812. The van der Waals surface area contributed by atoms with Crippen LogP contribution >= 0.6 is 11.3 Å². The summed E-state index contributed by atoms with van der Waals surface area (Å²) in [5, 5.41) is 3.50. The first-order chi connectivity index (χ1) is 9.92. The Morgan fingerprint density at radius 2 is 1.95 bits per heavy atom. The Morgan fingerprint density at radius 1 is 1.19 bits per heavy atom. The lowest BCUT2D eigenvalue weighted by Crippen LogP contribution is -2.17. The molecule has 3 nitrogen and oxygen atoms in total. The molecule has 0 aliphatic rings. The van der Waals surface area contributed by atoms with E-state index in [1.807, 2.05) is 43.4 Å². The van der Waals surface area contributed by atoms with E-state index in [1.54, 1.807) is 0 Å². The lowest BCUT2D eigenvalue weighted by molar-refractivity contribution is 0.242. The van der Waals surface area contributed by atoms with Crippen LogP contribution in [0.5, 0.6) is 5.75 Å². The van der Waals surface area contributed by atoms with Crippen LogP contribution in [0.1, 0.15) is 30.5 Å². The molecular formula is C17H24N2OS. The van der Waals surface area contributed by atoms with E-state index in [9.17, 15) is 0 Å². The van der Waals surface area contributed by atoms with E-state index >= 15 is 0 Å². The van der Waals surface area contributed by atoms with E-state index < -0.39 is 0 Å². The summed E-state index contributed by atoms with van der Waals surface area (Å²) in [7, 11) is 0. The van der Waals surface area contributed by atoms with Crippen LogP contribution in [0.3, 0.4) is 0 Å². The molecule has 0 spiro atoms. The lowest BCUT2D eigenvalue weighted by Gasteiger charge is -2.17. The largest absolute Gasteiger partial charge is 0.491 e. The molecule has 1 unspecified atom stereocenters. The number of nitrogen functional groups attached to an aromatic ring is 1. The number of thiophene rings is 1. The number of benzene rings is 1. The van der Waals surface area contributed by atoms with Crippen LogP contribution in [0.25, 0.3) is 0 Å². The topological polar surface area (TPSA) is 47.3 Å². The van der Waals surface area contributed by atoms with Gasteiger partial charge in [-0.2, -0.15) is 0 Å². The Balaban J connectivity index is 2.02. The van der Waals surface area contributed by atoms with Gasteiger partial charge in [-0.15, -0.1) is 11.3 Å². The third-order valence-electron chi connectivity index (χ3n) is 3.02. The highest BCUT2D eigenvalue weighted by Crippen LogP contribution is 2.25. The van der Waals surface area contributed by atoms with E-state index in [1.165, 1.54) is 9.75 Å². The van der Waals surface area contributed by atoms with Gasteiger partial charge in [-0.3, -0.25) is 0 Å². The zero-order chi connectivity index (χ0) is 15.4. The van der Waals surface area contributed by atoms with Crippen molar-refractivity contribution in [1.29, 1.82) is 0 Å². The van der Waals surface area contributed by atoms with Gasteiger partial charge in [0, 0.05) is 45.7 Å². The molecule has 0 radical (unpaired) electrons. The van der Waals surface area contributed by atoms with Crippen LogP contribution in [0.15, 0.2) is 30.3 Å². The average molecular weight is 304 g/mol. The van der Waals surface area contributed by atoms with Gasteiger partial charge in [0.05, 0.1) is 6.10 Å². The predicted octanol–water partition coefficient (Wildman–Crippen LogP) is 4.47. The molecule has 1 heterocycles. The van der Waals surface area contributed by atoms with Crippen LogP contribution in [0, 0.1) is 6.92 Å². The second kappa shape index (κ2) is 6.85. The first-order valence-electron chi connectivity index (χ1n) is 7.31. The highest BCUT2D eigenvalue weighted by atomic mass is 32.1. The van der Waals surface area contributed by atoms with Crippen molar-refractivity contribution in [3.63, 3.8) is 0 Å². The molecule has 1 aromatic heterocycles. The summed E-state index contributed by atoms with van der Waals surface area (Å²) < 4.78 is 5.72. The molecule has 1 atom stereocenters. The number of nitrogens with two attached hydrogens (primary N) is 1. The van der Waals surface area contributed by atoms with Crippen LogP contribution in [0.4, 0.5) is 11.4 Å². The zero-order valence-corrected chi connectivity index (χ0v) is 14.0. The molecule has 0 aliphatic carbocycles. The second-order valence-corrected chi connectivity index (χ2v) is 7.09.